The Kier molecular flexibility index (Phi) is 10.9. The predicted molar refractivity (Wildman–Crippen MR) is 138 cm³/mol. The Balaban J connectivity index is 1.41. The second-order valence-electron chi connectivity index (χ2n) is 8.52. The van der Waals surface area contributed by atoms with Crippen LogP contribution in [0.4, 0.5) is 0 Å². The van der Waals surface area contributed by atoms with Crippen molar-refractivity contribution in [1.82, 2.24) is 5.32 Å². The van der Waals surface area contributed by atoms with Crippen LogP contribution in [0.25, 0.3) is 0 Å². The number of hydrogen-bond acceptors (Lipinski definition) is 7. The molecular formula is C29H35NO6. The molecule has 0 aromatic heterocycles. The van der Waals surface area contributed by atoms with Crippen molar-refractivity contribution in [3.05, 3.63) is 94.5 Å². The third-order valence-electron chi connectivity index (χ3n) is 5.79. The maximum absolute atomic E-state index is 11.2. The maximum atomic E-state index is 11.2. The number of carbonyl (C=O) groups is 1. The van der Waals surface area contributed by atoms with Gasteiger partial charge in [0.15, 0.2) is 0 Å². The van der Waals surface area contributed by atoms with Gasteiger partial charge in [-0.2, -0.15) is 0 Å². The average molecular weight is 494 g/mol. The van der Waals surface area contributed by atoms with Crippen LogP contribution in [0.15, 0.2) is 66.7 Å². The zero-order valence-electron chi connectivity index (χ0n) is 20.9. The van der Waals surface area contributed by atoms with Crippen LogP contribution in [-0.4, -0.2) is 43.0 Å². The SMILES string of the molecule is COc1ccccc1CCOCc1cccc(CCNCC(O)c2ccc(OC(C)=O)c(CO)c2)c1. The monoisotopic (exact) mass is 493 g/mol. The van der Waals surface area contributed by atoms with Crippen molar-refractivity contribution in [1.29, 1.82) is 0 Å². The first kappa shape index (κ1) is 27.4. The van der Waals surface area contributed by atoms with Crippen molar-refractivity contribution in [2.24, 2.45) is 0 Å². The van der Waals surface area contributed by atoms with E-state index in [0.29, 0.717) is 43.2 Å². The summed E-state index contributed by atoms with van der Waals surface area (Å²) >= 11 is 0. The van der Waals surface area contributed by atoms with E-state index in [4.69, 9.17) is 14.2 Å². The number of benzene rings is 3. The Morgan fingerprint density at radius 1 is 0.944 bits per heavy atom. The maximum Gasteiger partial charge on any atom is 0.308 e. The number of rotatable bonds is 14. The summed E-state index contributed by atoms with van der Waals surface area (Å²) in [6.07, 6.45) is 0.863. The van der Waals surface area contributed by atoms with E-state index in [-0.39, 0.29) is 6.61 Å². The zero-order chi connectivity index (χ0) is 25.8. The quantitative estimate of drug-likeness (QED) is 0.179. The minimum absolute atomic E-state index is 0.281. The van der Waals surface area contributed by atoms with Crippen LogP contribution >= 0.6 is 0 Å². The van der Waals surface area contributed by atoms with Gasteiger partial charge in [-0.1, -0.05) is 48.5 Å². The van der Waals surface area contributed by atoms with E-state index in [1.165, 1.54) is 12.5 Å². The summed E-state index contributed by atoms with van der Waals surface area (Å²) in [5, 5.41) is 23.3. The molecule has 3 aromatic carbocycles. The molecule has 0 saturated heterocycles. The summed E-state index contributed by atoms with van der Waals surface area (Å²) in [7, 11) is 1.68. The molecule has 0 aliphatic heterocycles. The van der Waals surface area contributed by atoms with Gasteiger partial charge < -0.3 is 29.7 Å². The van der Waals surface area contributed by atoms with Crippen molar-refractivity contribution in [2.45, 2.75) is 39.1 Å². The second-order valence-corrected chi connectivity index (χ2v) is 8.52. The number of ether oxygens (including phenoxy) is 3. The number of aliphatic hydroxyl groups is 2. The average Bonchev–Trinajstić information content (AvgIpc) is 2.89. The van der Waals surface area contributed by atoms with Crippen molar-refractivity contribution < 1.29 is 29.2 Å². The fourth-order valence-corrected chi connectivity index (χ4v) is 3.93. The van der Waals surface area contributed by atoms with E-state index < -0.39 is 12.1 Å². The van der Waals surface area contributed by atoms with Crippen LogP contribution in [0.3, 0.4) is 0 Å². The van der Waals surface area contributed by atoms with E-state index >= 15 is 0 Å². The first-order valence-corrected chi connectivity index (χ1v) is 12.1. The highest BCUT2D eigenvalue weighted by atomic mass is 16.5. The van der Waals surface area contributed by atoms with Crippen molar-refractivity contribution in [3.63, 3.8) is 0 Å². The van der Waals surface area contributed by atoms with Crippen LogP contribution in [0.1, 0.15) is 40.8 Å². The number of nitrogens with one attached hydrogen (secondary N) is 1. The lowest BCUT2D eigenvalue weighted by Gasteiger charge is -2.15. The largest absolute Gasteiger partial charge is 0.496 e. The van der Waals surface area contributed by atoms with E-state index in [9.17, 15) is 15.0 Å². The lowest BCUT2D eigenvalue weighted by molar-refractivity contribution is -0.131. The summed E-state index contributed by atoms with van der Waals surface area (Å²) in [4.78, 5) is 11.2. The van der Waals surface area contributed by atoms with Crippen LogP contribution < -0.4 is 14.8 Å². The number of hydrogen-bond donors (Lipinski definition) is 3. The molecule has 0 heterocycles. The molecule has 0 aliphatic rings. The second kappa shape index (κ2) is 14.4. The minimum atomic E-state index is -0.746. The van der Waals surface area contributed by atoms with Crippen molar-refractivity contribution in [2.75, 3.05) is 26.8 Å². The fourth-order valence-electron chi connectivity index (χ4n) is 3.93. The highest BCUT2D eigenvalue weighted by Gasteiger charge is 2.12. The fraction of sp³-hybridized carbons (Fsp3) is 0.345. The highest BCUT2D eigenvalue weighted by Crippen LogP contribution is 2.24. The Morgan fingerprint density at radius 3 is 2.53 bits per heavy atom. The van der Waals surface area contributed by atoms with Gasteiger partial charge in [-0.15, -0.1) is 0 Å². The molecule has 0 bridgehead atoms. The van der Waals surface area contributed by atoms with Crippen LogP contribution in [0.2, 0.25) is 0 Å². The van der Waals surface area contributed by atoms with E-state index in [2.05, 4.69) is 29.6 Å². The number of carbonyl (C=O) groups excluding carboxylic acids is 1. The molecule has 1 unspecified atom stereocenters. The minimum Gasteiger partial charge on any atom is -0.496 e. The van der Waals surface area contributed by atoms with Crippen LogP contribution in [0.5, 0.6) is 11.5 Å². The molecule has 0 amide bonds. The molecule has 3 rings (SSSR count). The Morgan fingerprint density at radius 2 is 1.75 bits per heavy atom. The molecule has 7 heteroatoms. The molecule has 0 aliphatic carbocycles. The lowest BCUT2D eigenvalue weighted by Crippen LogP contribution is -2.24. The number of methoxy groups -OCH3 is 1. The molecule has 1 atom stereocenters. The van der Waals surface area contributed by atoms with Gasteiger partial charge in [-0.25, -0.2) is 0 Å². The molecule has 192 valence electrons. The third-order valence-corrected chi connectivity index (χ3v) is 5.79. The van der Waals surface area contributed by atoms with Gasteiger partial charge in [0.25, 0.3) is 0 Å². The molecule has 0 radical (unpaired) electrons. The lowest BCUT2D eigenvalue weighted by atomic mass is 10.0. The number of esters is 1. The first-order chi connectivity index (χ1) is 17.5. The summed E-state index contributed by atoms with van der Waals surface area (Å²) in [6.45, 7) is 3.25. The normalized spacial score (nSPS) is 11.8. The van der Waals surface area contributed by atoms with Crippen molar-refractivity contribution >= 4 is 5.97 Å². The molecule has 36 heavy (non-hydrogen) atoms. The van der Waals surface area contributed by atoms with Gasteiger partial charge in [0.2, 0.25) is 0 Å². The molecule has 0 fully saturated rings. The molecule has 3 N–H and O–H groups in total. The van der Waals surface area contributed by atoms with Gasteiger partial charge in [0.1, 0.15) is 11.5 Å². The van der Waals surface area contributed by atoms with Gasteiger partial charge in [0, 0.05) is 19.0 Å². The summed E-state index contributed by atoms with van der Waals surface area (Å²) in [5.41, 5.74) is 4.56. The topological polar surface area (TPSA) is 97.3 Å². The smallest absolute Gasteiger partial charge is 0.308 e. The molecule has 0 saturated carbocycles. The zero-order valence-corrected chi connectivity index (χ0v) is 20.9. The molecule has 3 aromatic rings. The Bertz CT molecular complexity index is 1120. The third kappa shape index (κ3) is 8.46. The molecule has 0 spiro atoms. The standard InChI is InChI=1S/C29H35NO6/c1-21(32)36-29-11-10-25(17-26(29)19-31)27(33)18-30-14-12-22-6-5-7-23(16-22)20-35-15-13-24-8-3-4-9-28(24)34-2/h3-11,16-17,27,30-31,33H,12-15,18-20H2,1-2H3. The summed E-state index contributed by atoms with van der Waals surface area (Å²) in [5.74, 6) is 0.731. The summed E-state index contributed by atoms with van der Waals surface area (Å²) in [6, 6.07) is 21.2. The predicted octanol–water partition coefficient (Wildman–Crippen LogP) is 3.74. The molecular weight excluding hydrogens is 458 g/mol. The Labute approximate surface area is 212 Å². The highest BCUT2D eigenvalue weighted by molar-refractivity contribution is 5.69. The van der Waals surface area contributed by atoms with Gasteiger partial charge in [0.05, 0.1) is 33.0 Å². The van der Waals surface area contributed by atoms with Crippen LogP contribution in [-0.2, 0) is 35.6 Å². The van der Waals surface area contributed by atoms with Gasteiger partial charge in [-0.05, 0) is 59.8 Å². The van der Waals surface area contributed by atoms with Crippen molar-refractivity contribution in [3.8, 4) is 11.5 Å². The number of para-hydroxylation sites is 1. The van der Waals surface area contributed by atoms with E-state index in [0.717, 1.165) is 29.7 Å². The number of aliphatic hydroxyl groups excluding tert-OH is 2. The summed E-state index contributed by atoms with van der Waals surface area (Å²) < 4.78 is 16.3. The first-order valence-electron chi connectivity index (χ1n) is 12.1. The van der Waals surface area contributed by atoms with Gasteiger partial charge >= 0.3 is 5.97 Å². The van der Waals surface area contributed by atoms with E-state index in [1.54, 1.807) is 25.3 Å². The van der Waals surface area contributed by atoms with Gasteiger partial charge in [-0.3, -0.25) is 4.79 Å². The van der Waals surface area contributed by atoms with E-state index in [1.807, 2.05) is 24.3 Å². The van der Waals surface area contributed by atoms with Crippen LogP contribution in [0, 0.1) is 0 Å². The Hall–Kier alpha value is -3.23. The molecule has 7 nitrogen and oxygen atoms in total.